The lowest BCUT2D eigenvalue weighted by Crippen LogP contribution is -2.09. The van der Waals surface area contributed by atoms with Crippen LogP contribution in [0.15, 0.2) is 41.9 Å². The average molecular weight is 330 g/mol. The van der Waals surface area contributed by atoms with Crippen molar-refractivity contribution in [3.8, 4) is 0 Å². The van der Waals surface area contributed by atoms with Crippen LogP contribution in [0.3, 0.4) is 0 Å². The summed E-state index contributed by atoms with van der Waals surface area (Å²) in [5.74, 6) is -0.181. The summed E-state index contributed by atoms with van der Waals surface area (Å²) in [5.41, 5.74) is 2.07. The van der Waals surface area contributed by atoms with E-state index in [1.54, 1.807) is 6.20 Å². The van der Waals surface area contributed by atoms with Crippen molar-refractivity contribution in [3.05, 3.63) is 58.0 Å². The first kappa shape index (κ1) is 14.7. The molecular weight excluding hydrogens is 316 g/mol. The first-order valence-electron chi connectivity index (χ1n) is 6.68. The van der Waals surface area contributed by atoms with Gasteiger partial charge in [0, 0.05) is 11.9 Å². The second-order valence-corrected chi connectivity index (χ2v) is 6.51. The van der Waals surface area contributed by atoms with Crippen molar-refractivity contribution < 1.29 is 4.79 Å². The van der Waals surface area contributed by atoms with Gasteiger partial charge in [-0.05, 0) is 12.5 Å². The zero-order valence-corrected chi connectivity index (χ0v) is 13.5. The number of carbonyl (C=O) groups excluding carboxylic acids is 1. The molecule has 0 unspecified atom stereocenters. The number of anilines is 2. The van der Waals surface area contributed by atoms with Crippen LogP contribution in [0, 0.1) is 6.92 Å². The molecule has 7 heteroatoms. The van der Waals surface area contributed by atoms with E-state index < -0.39 is 0 Å². The van der Waals surface area contributed by atoms with Crippen LogP contribution in [0.2, 0.25) is 0 Å². The van der Waals surface area contributed by atoms with E-state index >= 15 is 0 Å². The van der Waals surface area contributed by atoms with Gasteiger partial charge in [0.05, 0.1) is 11.9 Å². The maximum atomic E-state index is 12.1. The Morgan fingerprint density at radius 1 is 1.23 bits per heavy atom. The molecule has 0 aliphatic heterocycles. The molecule has 0 saturated heterocycles. The number of nitrogens with zero attached hydrogens (tertiary/aromatic N) is 2. The summed E-state index contributed by atoms with van der Waals surface area (Å²) < 4.78 is 0. The third-order valence-corrected chi connectivity index (χ3v) is 4.68. The summed E-state index contributed by atoms with van der Waals surface area (Å²) in [5, 5.41) is 9.23. The van der Waals surface area contributed by atoms with Crippen LogP contribution in [-0.2, 0) is 6.54 Å². The van der Waals surface area contributed by atoms with E-state index in [1.807, 2.05) is 42.6 Å². The number of benzene rings is 1. The number of rotatable bonds is 5. The highest BCUT2D eigenvalue weighted by Gasteiger charge is 2.12. The zero-order chi connectivity index (χ0) is 15.4. The molecule has 0 aliphatic rings. The quantitative estimate of drug-likeness (QED) is 0.747. The van der Waals surface area contributed by atoms with Gasteiger partial charge in [-0.15, -0.1) is 11.3 Å². The van der Waals surface area contributed by atoms with E-state index in [1.165, 1.54) is 28.2 Å². The molecule has 1 amide bonds. The third kappa shape index (κ3) is 3.69. The molecule has 0 atom stereocenters. The highest BCUT2D eigenvalue weighted by Crippen LogP contribution is 2.21. The highest BCUT2D eigenvalue weighted by atomic mass is 32.1. The number of carbonyl (C=O) groups is 1. The van der Waals surface area contributed by atoms with E-state index in [0.717, 1.165) is 10.8 Å². The van der Waals surface area contributed by atoms with Crippen LogP contribution in [-0.4, -0.2) is 15.9 Å². The summed E-state index contributed by atoms with van der Waals surface area (Å²) >= 11 is 2.74. The molecule has 2 N–H and O–H groups in total. The minimum atomic E-state index is -0.181. The molecule has 2 aromatic heterocycles. The summed E-state index contributed by atoms with van der Waals surface area (Å²) in [4.78, 5) is 21.1. The molecule has 3 rings (SSSR count). The topological polar surface area (TPSA) is 66.9 Å². The van der Waals surface area contributed by atoms with Crippen molar-refractivity contribution in [2.45, 2.75) is 13.5 Å². The van der Waals surface area contributed by atoms with Gasteiger partial charge in [0.2, 0.25) is 0 Å². The van der Waals surface area contributed by atoms with E-state index in [-0.39, 0.29) is 5.91 Å². The number of aryl methyl sites for hydroxylation is 1. The molecular formula is C15H14N4OS2. The first-order valence-corrected chi connectivity index (χ1v) is 8.37. The van der Waals surface area contributed by atoms with Crippen LogP contribution >= 0.6 is 22.7 Å². The van der Waals surface area contributed by atoms with Crippen molar-refractivity contribution >= 4 is 38.8 Å². The second kappa shape index (κ2) is 6.67. The van der Waals surface area contributed by atoms with Gasteiger partial charge in [0.1, 0.15) is 4.88 Å². The number of hydrogen-bond donors (Lipinski definition) is 2. The van der Waals surface area contributed by atoms with Gasteiger partial charge in [-0.2, -0.15) is 0 Å². The van der Waals surface area contributed by atoms with Gasteiger partial charge in [0.25, 0.3) is 5.91 Å². The van der Waals surface area contributed by atoms with Gasteiger partial charge < -0.3 is 5.32 Å². The Labute approximate surface area is 136 Å². The molecule has 1 aromatic carbocycles. The Hall–Kier alpha value is -2.25. The molecule has 3 aromatic rings. The first-order chi connectivity index (χ1) is 10.7. The molecule has 0 spiro atoms. The fourth-order valence-corrected chi connectivity index (χ4v) is 3.19. The Kier molecular flexibility index (Phi) is 4.45. The van der Waals surface area contributed by atoms with Crippen molar-refractivity contribution in [2.75, 3.05) is 10.6 Å². The van der Waals surface area contributed by atoms with Gasteiger partial charge in [-0.25, -0.2) is 9.97 Å². The number of aromatic nitrogens is 2. The van der Waals surface area contributed by atoms with Crippen LogP contribution in [0.4, 0.5) is 10.3 Å². The van der Waals surface area contributed by atoms with Crippen molar-refractivity contribution in [1.82, 2.24) is 9.97 Å². The van der Waals surface area contributed by atoms with E-state index in [9.17, 15) is 4.79 Å². The van der Waals surface area contributed by atoms with Crippen LogP contribution in [0.5, 0.6) is 0 Å². The fraction of sp³-hybridized carbons (Fsp3) is 0.133. The van der Waals surface area contributed by atoms with Crippen LogP contribution < -0.4 is 10.6 Å². The van der Waals surface area contributed by atoms with Crippen LogP contribution in [0.1, 0.15) is 20.9 Å². The molecule has 0 fully saturated rings. The summed E-state index contributed by atoms with van der Waals surface area (Å²) in [6, 6.07) is 10.1. The lowest BCUT2D eigenvalue weighted by Gasteiger charge is -2.01. The molecule has 22 heavy (non-hydrogen) atoms. The Morgan fingerprint density at radius 2 is 2.05 bits per heavy atom. The average Bonchev–Trinajstić information content (AvgIpc) is 3.15. The Balaban J connectivity index is 1.59. The lowest BCUT2D eigenvalue weighted by molar-refractivity contribution is 0.103. The van der Waals surface area contributed by atoms with Crippen molar-refractivity contribution in [3.63, 3.8) is 0 Å². The predicted octanol–water partition coefficient (Wildman–Crippen LogP) is 3.77. The van der Waals surface area contributed by atoms with Gasteiger partial charge in [-0.3, -0.25) is 10.1 Å². The molecule has 0 saturated carbocycles. The third-order valence-electron chi connectivity index (χ3n) is 2.86. The summed E-state index contributed by atoms with van der Waals surface area (Å²) in [6.07, 6.45) is 1.58. The molecule has 0 aliphatic carbocycles. The molecule has 2 heterocycles. The predicted molar refractivity (Wildman–Crippen MR) is 90.7 cm³/mol. The van der Waals surface area contributed by atoms with E-state index in [2.05, 4.69) is 20.6 Å². The number of hydrogen-bond acceptors (Lipinski definition) is 6. The largest absolute Gasteiger partial charge is 0.357 e. The van der Waals surface area contributed by atoms with Crippen LogP contribution in [0.25, 0.3) is 0 Å². The molecule has 0 bridgehead atoms. The van der Waals surface area contributed by atoms with Crippen molar-refractivity contribution in [2.24, 2.45) is 0 Å². The van der Waals surface area contributed by atoms with Crippen molar-refractivity contribution in [1.29, 1.82) is 0 Å². The second-order valence-electron chi connectivity index (χ2n) is 4.62. The molecule has 5 nitrogen and oxygen atoms in total. The maximum Gasteiger partial charge on any atom is 0.269 e. The molecule has 112 valence electrons. The Bertz CT molecular complexity index is 767. The number of amides is 1. The summed E-state index contributed by atoms with van der Waals surface area (Å²) in [7, 11) is 0. The highest BCUT2D eigenvalue weighted by molar-refractivity contribution is 7.17. The van der Waals surface area contributed by atoms with E-state index in [4.69, 9.17) is 0 Å². The SMILES string of the molecule is Cc1csc(NC(=O)c2cnc(NCc3ccccc3)s2)n1. The van der Waals surface area contributed by atoms with Gasteiger partial charge >= 0.3 is 0 Å². The number of nitrogens with one attached hydrogen (secondary N) is 2. The minimum absolute atomic E-state index is 0.181. The van der Waals surface area contributed by atoms with Gasteiger partial charge in [-0.1, -0.05) is 41.7 Å². The van der Waals surface area contributed by atoms with Gasteiger partial charge in [0.15, 0.2) is 10.3 Å². The Morgan fingerprint density at radius 3 is 2.77 bits per heavy atom. The monoisotopic (exact) mass is 330 g/mol. The lowest BCUT2D eigenvalue weighted by atomic mass is 10.2. The zero-order valence-electron chi connectivity index (χ0n) is 11.9. The minimum Gasteiger partial charge on any atom is -0.357 e. The maximum absolute atomic E-state index is 12.1. The normalized spacial score (nSPS) is 10.4. The summed E-state index contributed by atoms with van der Waals surface area (Å²) in [6.45, 7) is 2.57. The molecule has 0 radical (unpaired) electrons. The van der Waals surface area contributed by atoms with E-state index in [0.29, 0.717) is 16.6 Å². The number of thiazole rings is 2. The smallest absolute Gasteiger partial charge is 0.269 e. The standard InChI is InChI=1S/C15H14N4OS2/c1-10-9-21-15(18-10)19-13(20)12-8-17-14(22-12)16-7-11-5-3-2-4-6-11/h2-6,8-9H,7H2,1H3,(H,16,17)(H,18,19,20). The fourth-order valence-electron chi connectivity index (χ4n) is 1.80.